The van der Waals surface area contributed by atoms with Crippen LogP contribution >= 0.6 is 0 Å². The molecule has 2 aromatic carbocycles. The standard InChI is InChI=1S/C22H27NO3S/c1-4-8-17(3)20(5-2)21-9-6-7-10-22(21)26-16-15-18-11-13-19(14-12-18)23-27(24)25/h4-14,17,23H,15-16H2,1-3H3,(H,24,25). The van der Waals surface area contributed by atoms with Crippen molar-refractivity contribution < 1.29 is 13.5 Å². The minimum Gasteiger partial charge on any atom is -0.493 e. The summed E-state index contributed by atoms with van der Waals surface area (Å²) >= 11 is -2.05. The summed E-state index contributed by atoms with van der Waals surface area (Å²) in [5.74, 6) is 1.21. The maximum atomic E-state index is 10.8. The summed E-state index contributed by atoms with van der Waals surface area (Å²) in [4.78, 5) is 0. The number of anilines is 1. The Hall–Kier alpha value is -2.37. The molecule has 5 heteroatoms. The van der Waals surface area contributed by atoms with Crippen LogP contribution in [0.25, 0.3) is 5.57 Å². The van der Waals surface area contributed by atoms with Crippen LogP contribution in [0.3, 0.4) is 0 Å². The first-order chi connectivity index (χ1) is 13.0. The van der Waals surface area contributed by atoms with Crippen LogP contribution in [0.2, 0.25) is 0 Å². The van der Waals surface area contributed by atoms with E-state index in [0.717, 1.165) is 23.3 Å². The quantitative estimate of drug-likeness (QED) is 0.444. The summed E-state index contributed by atoms with van der Waals surface area (Å²) in [5.41, 5.74) is 4.09. The molecular weight excluding hydrogens is 358 g/mol. The van der Waals surface area contributed by atoms with Crippen LogP contribution in [-0.2, 0) is 17.7 Å². The fraction of sp³-hybridized carbons (Fsp3) is 0.273. The Morgan fingerprint density at radius 2 is 1.89 bits per heavy atom. The fourth-order valence-electron chi connectivity index (χ4n) is 3.01. The Morgan fingerprint density at radius 1 is 1.19 bits per heavy atom. The number of rotatable bonds is 9. The highest BCUT2D eigenvalue weighted by Gasteiger charge is 2.12. The Balaban J connectivity index is 2.03. The average molecular weight is 386 g/mol. The number of hydrogen-bond donors (Lipinski definition) is 2. The molecule has 27 heavy (non-hydrogen) atoms. The molecule has 0 aliphatic rings. The van der Waals surface area contributed by atoms with Gasteiger partial charge in [0.15, 0.2) is 0 Å². The first-order valence-corrected chi connectivity index (χ1v) is 10.1. The fourth-order valence-corrected chi connectivity index (χ4v) is 3.34. The van der Waals surface area contributed by atoms with Crippen LogP contribution in [-0.4, -0.2) is 15.4 Å². The Labute approximate surface area is 164 Å². The van der Waals surface area contributed by atoms with E-state index < -0.39 is 11.3 Å². The van der Waals surface area contributed by atoms with Crippen molar-refractivity contribution in [3.63, 3.8) is 0 Å². The van der Waals surface area contributed by atoms with Crippen molar-refractivity contribution in [3.8, 4) is 5.75 Å². The first kappa shape index (κ1) is 20.9. The predicted octanol–water partition coefficient (Wildman–Crippen LogP) is 5.47. The molecule has 2 unspecified atom stereocenters. The summed E-state index contributed by atoms with van der Waals surface area (Å²) < 4.78 is 28.1. The molecule has 0 fully saturated rings. The van der Waals surface area contributed by atoms with Gasteiger partial charge in [0.05, 0.1) is 6.61 Å². The van der Waals surface area contributed by atoms with Crippen LogP contribution < -0.4 is 9.46 Å². The molecule has 0 aromatic heterocycles. The number of hydrogen-bond acceptors (Lipinski definition) is 2. The summed E-state index contributed by atoms with van der Waals surface area (Å²) in [6, 6.07) is 15.5. The predicted molar refractivity (Wildman–Crippen MR) is 114 cm³/mol. The van der Waals surface area contributed by atoms with E-state index in [1.165, 1.54) is 5.57 Å². The highest BCUT2D eigenvalue weighted by atomic mass is 32.2. The third-order valence-corrected chi connectivity index (χ3v) is 4.70. The molecule has 144 valence electrons. The normalized spacial score (nSPS) is 14.1. The lowest BCUT2D eigenvalue weighted by Crippen LogP contribution is -2.05. The van der Waals surface area contributed by atoms with E-state index in [-0.39, 0.29) is 0 Å². The van der Waals surface area contributed by atoms with Gasteiger partial charge in [0.25, 0.3) is 11.3 Å². The van der Waals surface area contributed by atoms with E-state index in [4.69, 9.17) is 9.29 Å². The lowest BCUT2D eigenvalue weighted by molar-refractivity contribution is 0.321. The molecule has 2 N–H and O–H groups in total. The van der Waals surface area contributed by atoms with Gasteiger partial charge in [0.2, 0.25) is 0 Å². The van der Waals surface area contributed by atoms with Gasteiger partial charge in [-0.25, -0.2) is 4.21 Å². The van der Waals surface area contributed by atoms with Crippen molar-refractivity contribution in [2.75, 3.05) is 11.3 Å². The van der Waals surface area contributed by atoms with E-state index in [0.29, 0.717) is 18.2 Å². The molecule has 0 heterocycles. The molecule has 0 bridgehead atoms. The lowest BCUT2D eigenvalue weighted by Gasteiger charge is -2.17. The molecule has 2 rings (SSSR count). The van der Waals surface area contributed by atoms with Crippen LogP contribution in [0.5, 0.6) is 5.75 Å². The number of para-hydroxylation sites is 1. The van der Waals surface area contributed by atoms with Crippen LogP contribution in [0.15, 0.2) is 66.8 Å². The smallest absolute Gasteiger partial charge is 0.259 e. The summed E-state index contributed by atoms with van der Waals surface area (Å²) in [6.45, 7) is 6.83. The van der Waals surface area contributed by atoms with Crippen molar-refractivity contribution in [2.45, 2.75) is 27.2 Å². The Morgan fingerprint density at radius 3 is 2.52 bits per heavy atom. The Bertz CT molecular complexity index is 813. The van der Waals surface area contributed by atoms with Crippen molar-refractivity contribution in [2.24, 2.45) is 5.92 Å². The summed E-state index contributed by atoms with van der Waals surface area (Å²) in [5, 5.41) is 0. The van der Waals surface area contributed by atoms with Crippen molar-refractivity contribution in [1.82, 2.24) is 0 Å². The van der Waals surface area contributed by atoms with Gasteiger partial charge < -0.3 is 4.74 Å². The highest BCUT2D eigenvalue weighted by Crippen LogP contribution is 2.32. The molecule has 0 aliphatic carbocycles. The second-order valence-corrected chi connectivity index (χ2v) is 6.90. The number of nitrogens with one attached hydrogen (secondary N) is 1. The lowest BCUT2D eigenvalue weighted by atomic mass is 9.92. The first-order valence-electron chi connectivity index (χ1n) is 9.02. The van der Waals surface area contributed by atoms with Gasteiger partial charge in [-0.3, -0.25) is 9.27 Å². The zero-order valence-corrected chi connectivity index (χ0v) is 16.8. The second-order valence-electron chi connectivity index (χ2n) is 6.20. The third kappa shape index (κ3) is 6.38. The zero-order valence-electron chi connectivity index (χ0n) is 16.0. The van der Waals surface area contributed by atoms with Crippen LogP contribution in [0.4, 0.5) is 5.69 Å². The van der Waals surface area contributed by atoms with Crippen molar-refractivity contribution in [3.05, 3.63) is 77.9 Å². The topological polar surface area (TPSA) is 58.6 Å². The molecule has 2 atom stereocenters. The van der Waals surface area contributed by atoms with Gasteiger partial charge >= 0.3 is 0 Å². The molecule has 0 saturated heterocycles. The highest BCUT2D eigenvalue weighted by molar-refractivity contribution is 7.80. The molecule has 2 aromatic rings. The van der Waals surface area contributed by atoms with Gasteiger partial charge in [0.1, 0.15) is 5.75 Å². The van der Waals surface area contributed by atoms with Gasteiger partial charge in [-0.2, -0.15) is 0 Å². The van der Waals surface area contributed by atoms with Gasteiger partial charge in [-0.1, -0.05) is 55.5 Å². The molecule has 0 radical (unpaired) electrons. The number of allylic oxidation sites excluding steroid dienone is 4. The molecular formula is C22H27NO3S. The summed E-state index contributed by atoms with van der Waals surface area (Å²) in [7, 11) is 0. The number of benzene rings is 2. The SMILES string of the molecule is CC=CC(C)C(=CC)c1ccccc1OCCc1ccc(NS(=O)O)cc1. The second kappa shape index (κ2) is 10.7. The average Bonchev–Trinajstić information content (AvgIpc) is 2.65. The molecule has 4 nitrogen and oxygen atoms in total. The maximum Gasteiger partial charge on any atom is 0.259 e. The minimum absolute atomic E-state index is 0.321. The van der Waals surface area contributed by atoms with Crippen molar-refractivity contribution in [1.29, 1.82) is 0 Å². The minimum atomic E-state index is -2.05. The van der Waals surface area contributed by atoms with Gasteiger partial charge in [-0.15, -0.1) is 0 Å². The van der Waals surface area contributed by atoms with E-state index in [1.807, 2.05) is 37.3 Å². The largest absolute Gasteiger partial charge is 0.493 e. The van der Waals surface area contributed by atoms with E-state index in [2.05, 4.69) is 42.9 Å². The third-order valence-electron chi connectivity index (χ3n) is 4.29. The monoisotopic (exact) mass is 385 g/mol. The van der Waals surface area contributed by atoms with E-state index >= 15 is 0 Å². The van der Waals surface area contributed by atoms with Gasteiger partial charge in [-0.05, 0) is 49.1 Å². The molecule has 0 aliphatic heterocycles. The molecule has 0 amide bonds. The molecule has 0 spiro atoms. The van der Waals surface area contributed by atoms with Crippen molar-refractivity contribution >= 4 is 22.5 Å². The van der Waals surface area contributed by atoms with E-state index in [9.17, 15) is 4.21 Å². The zero-order chi connectivity index (χ0) is 19.6. The van der Waals surface area contributed by atoms with E-state index in [1.54, 1.807) is 12.1 Å². The Kier molecular flexibility index (Phi) is 8.30. The van der Waals surface area contributed by atoms with Crippen LogP contribution in [0.1, 0.15) is 31.9 Å². The summed E-state index contributed by atoms with van der Waals surface area (Å²) in [6.07, 6.45) is 7.15. The van der Waals surface area contributed by atoms with Gasteiger partial charge in [0, 0.05) is 17.7 Å². The number of ether oxygens (including phenoxy) is 1. The maximum absolute atomic E-state index is 10.8. The molecule has 0 saturated carbocycles. The van der Waals surface area contributed by atoms with Crippen LogP contribution in [0, 0.1) is 5.92 Å².